The van der Waals surface area contributed by atoms with Crippen molar-refractivity contribution in [2.24, 2.45) is 0 Å². The highest BCUT2D eigenvalue weighted by Gasteiger charge is 2.09. The summed E-state index contributed by atoms with van der Waals surface area (Å²) >= 11 is 1.39. The molecule has 22 heavy (non-hydrogen) atoms. The first-order chi connectivity index (χ1) is 10.6. The maximum Gasteiger partial charge on any atom is 0.231 e. The Morgan fingerprint density at radius 3 is 2.77 bits per heavy atom. The number of amides is 1. The van der Waals surface area contributed by atoms with Crippen LogP contribution in [0.3, 0.4) is 0 Å². The van der Waals surface area contributed by atoms with Crippen molar-refractivity contribution in [3.8, 4) is 18.0 Å². The fraction of sp³-hybridized carbons (Fsp3) is 0.294. The minimum atomic E-state index is -0.0901. The average molecular weight is 313 g/mol. The summed E-state index contributed by atoms with van der Waals surface area (Å²) in [5.74, 6) is 3.09. The first kappa shape index (κ1) is 16.2. The van der Waals surface area contributed by atoms with E-state index in [2.05, 4.69) is 54.3 Å². The van der Waals surface area contributed by atoms with Crippen LogP contribution in [0.15, 0.2) is 41.8 Å². The Bertz CT molecular complexity index is 668. The second-order valence-electron chi connectivity index (χ2n) is 5.10. The van der Waals surface area contributed by atoms with Gasteiger partial charge in [0.1, 0.15) is 0 Å². The third kappa shape index (κ3) is 4.15. The molecule has 1 heterocycles. The van der Waals surface area contributed by atoms with E-state index in [1.54, 1.807) is 6.20 Å². The lowest BCUT2D eigenvalue weighted by Crippen LogP contribution is -2.25. The molecule has 0 saturated carbocycles. The first-order valence-electron chi connectivity index (χ1n) is 7.08. The summed E-state index contributed by atoms with van der Waals surface area (Å²) in [7, 11) is 0. The Balaban J connectivity index is 2.06. The summed E-state index contributed by atoms with van der Waals surface area (Å²) in [6.07, 6.45) is 8.74. The molecule has 0 unspecified atom stereocenters. The number of imidazole rings is 1. The number of hydrogen-bond donors (Lipinski definition) is 1. The Labute approximate surface area is 135 Å². The van der Waals surface area contributed by atoms with Crippen molar-refractivity contribution in [2.45, 2.75) is 24.9 Å². The molecule has 0 atom stereocenters. The van der Waals surface area contributed by atoms with Gasteiger partial charge in [0.15, 0.2) is 5.16 Å². The summed E-state index contributed by atoms with van der Waals surface area (Å²) in [5, 5.41) is 3.43. The molecule has 0 fully saturated rings. The van der Waals surface area contributed by atoms with E-state index in [1.165, 1.54) is 17.3 Å². The van der Waals surface area contributed by atoms with Gasteiger partial charge >= 0.3 is 0 Å². The fourth-order valence-electron chi connectivity index (χ4n) is 1.94. The minimum Gasteiger partial charge on any atom is -0.344 e. The molecule has 0 bridgehead atoms. The lowest BCUT2D eigenvalue weighted by atomic mass is 10.0. The van der Waals surface area contributed by atoms with Gasteiger partial charge < -0.3 is 5.32 Å². The van der Waals surface area contributed by atoms with Gasteiger partial charge in [-0.25, -0.2) is 4.98 Å². The van der Waals surface area contributed by atoms with Gasteiger partial charge in [-0.05, 0) is 23.6 Å². The van der Waals surface area contributed by atoms with E-state index in [-0.39, 0.29) is 12.5 Å². The lowest BCUT2D eigenvalue weighted by molar-refractivity contribution is -0.118. The van der Waals surface area contributed by atoms with Crippen molar-refractivity contribution >= 4 is 17.7 Å². The molecule has 1 aromatic carbocycles. The van der Waals surface area contributed by atoms with E-state index < -0.39 is 0 Å². The van der Waals surface area contributed by atoms with Crippen LogP contribution in [0.2, 0.25) is 0 Å². The normalized spacial score (nSPS) is 10.5. The van der Waals surface area contributed by atoms with Gasteiger partial charge in [-0.1, -0.05) is 43.7 Å². The van der Waals surface area contributed by atoms with Gasteiger partial charge in [0.2, 0.25) is 5.91 Å². The molecule has 1 aromatic heterocycles. The Kier molecular flexibility index (Phi) is 5.68. The molecule has 4 nitrogen and oxygen atoms in total. The average Bonchev–Trinajstić information content (AvgIpc) is 2.99. The van der Waals surface area contributed by atoms with Crippen LogP contribution in [0.1, 0.15) is 25.3 Å². The number of nitrogens with zero attached hydrogens (tertiary/aromatic N) is 2. The Hall–Kier alpha value is -2.19. The van der Waals surface area contributed by atoms with Crippen LogP contribution in [0.4, 0.5) is 0 Å². The zero-order valence-corrected chi connectivity index (χ0v) is 13.6. The first-order valence-corrected chi connectivity index (χ1v) is 8.07. The largest absolute Gasteiger partial charge is 0.344 e. The van der Waals surface area contributed by atoms with Crippen LogP contribution in [0.5, 0.6) is 0 Å². The van der Waals surface area contributed by atoms with Gasteiger partial charge in [-0.15, -0.1) is 6.42 Å². The number of rotatable bonds is 6. The van der Waals surface area contributed by atoms with Gasteiger partial charge in [0, 0.05) is 18.1 Å². The molecule has 0 spiro atoms. The number of hydrogen-bond acceptors (Lipinski definition) is 3. The molecule has 0 aliphatic rings. The number of terminal acetylenes is 1. The zero-order chi connectivity index (χ0) is 15.9. The van der Waals surface area contributed by atoms with Gasteiger partial charge in [-0.3, -0.25) is 9.36 Å². The van der Waals surface area contributed by atoms with E-state index in [1.807, 2.05) is 10.8 Å². The third-order valence-electron chi connectivity index (χ3n) is 3.16. The van der Waals surface area contributed by atoms with E-state index >= 15 is 0 Å². The quantitative estimate of drug-likeness (QED) is 0.659. The highest BCUT2D eigenvalue weighted by molar-refractivity contribution is 7.99. The number of carbonyl (C=O) groups excluding carboxylic acids is 1. The molecule has 5 heteroatoms. The van der Waals surface area contributed by atoms with Crippen molar-refractivity contribution in [2.75, 3.05) is 12.3 Å². The summed E-state index contributed by atoms with van der Waals surface area (Å²) in [6.45, 7) is 4.59. The molecule has 2 rings (SSSR count). The van der Waals surface area contributed by atoms with Crippen molar-refractivity contribution < 1.29 is 4.79 Å². The molecule has 1 amide bonds. The SMILES string of the molecule is C#CCNC(=O)CSc1nccn1-c1ccc(C(C)C)cc1. The van der Waals surface area contributed by atoms with Gasteiger partial charge in [0.25, 0.3) is 0 Å². The standard InChI is InChI=1S/C17H19N3OS/c1-4-9-18-16(21)12-22-17-19-10-11-20(17)15-7-5-14(6-8-15)13(2)3/h1,5-8,10-11,13H,9,12H2,2-3H3,(H,18,21). The Morgan fingerprint density at radius 2 is 2.14 bits per heavy atom. The van der Waals surface area contributed by atoms with E-state index in [0.717, 1.165) is 10.8 Å². The van der Waals surface area contributed by atoms with Crippen molar-refractivity contribution in [1.82, 2.24) is 14.9 Å². The van der Waals surface area contributed by atoms with Crippen LogP contribution >= 0.6 is 11.8 Å². The van der Waals surface area contributed by atoms with Crippen LogP contribution in [0, 0.1) is 12.3 Å². The Morgan fingerprint density at radius 1 is 1.41 bits per heavy atom. The summed E-state index contributed by atoms with van der Waals surface area (Å²) in [4.78, 5) is 15.9. The molecule has 0 radical (unpaired) electrons. The van der Waals surface area contributed by atoms with E-state index in [4.69, 9.17) is 6.42 Å². The topological polar surface area (TPSA) is 46.9 Å². The highest BCUT2D eigenvalue weighted by Crippen LogP contribution is 2.22. The maximum absolute atomic E-state index is 11.6. The highest BCUT2D eigenvalue weighted by atomic mass is 32.2. The molecule has 0 aliphatic heterocycles. The predicted molar refractivity (Wildman–Crippen MR) is 90.2 cm³/mol. The van der Waals surface area contributed by atoms with Crippen LogP contribution in [-0.2, 0) is 4.79 Å². The molecule has 1 N–H and O–H groups in total. The lowest BCUT2D eigenvalue weighted by Gasteiger charge is -2.10. The number of thioether (sulfide) groups is 1. The van der Waals surface area contributed by atoms with Crippen LogP contribution < -0.4 is 5.32 Å². The summed E-state index contributed by atoms with van der Waals surface area (Å²) in [6, 6.07) is 8.38. The van der Waals surface area contributed by atoms with Crippen molar-refractivity contribution in [3.63, 3.8) is 0 Å². The molecule has 114 valence electrons. The predicted octanol–water partition coefficient (Wildman–Crippen LogP) is 2.84. The zero-order valence-electron chi connectivity index (χ0n) is 12.7. The second kappa shape index (κ2) is 7.71. The van der Waals surface area contributed by atoms with Crippen LogP contribution in [-0.4, -0.2) is 27.8 Å². The van der Waals surface area contributed by atoms with Crippen molar-refractivity contribution in [3.05, 3.63) is 42.2 Å². The van der Waals surface area contributed by atoms with Crippen LogP contribution in [0.25, 0.3) is 5.69 Å². The smallest absolute Gasteiger partial charge is 0.231 e. The van der Waals surface area contributed by atoms with Crippen molar-refractivity contribution in [1.29, 1.82) is 0 Å². The fourth-order valence-corrected chi connectivity index (χ4v) is 2.75. The summed E-state index contributed by atoms with van der Waals surface area (Å²) in [5.41, 5.74) is 2.33. The number of nitrogens with one attached hydrogen (secondary N) is 1. The molecular weight excluding hydrogens is 294 g/mol. The molecular formula is C17H19N3OS. The third-order valence-corrected chi connectivity index (χ3v) is 4.13. The molecule has 0 saturated heterocycles. The molecule has 2 aromatic rings. The second-order valence-corrected chi connectivity index (χ2v) is 6.04. The molecule has 0 aliphatic carbocycles. The van der Waals surface area contributed by atoms with E-state index in [9.17, 15) is 4.79 Å². The summed E-state index contributed by atoms with van der Waals surface area (Å²) < 4.78 is 1.98. The van der Waals surface area contributed by atoms with E-state index in [0.29, 0.717) is 11.7 Å². The van der Waals surface area contributed by atoms with Gasteiger partial charge in [-0.2, -0.15) is 0 Å². The minimum absolute atomic E-state index is 0.0901. The maximum atomic E-state index is 11.6. The number of aromatic nitrogens is 2. The van der Waals surface area contributed by atoms with Gasteiger partial charge in [0.05, 0.1) is 12.3 Å². The monoisotopic (exact) mass is 313 g/mol. The number of benzene rings is 1. The number of carbonyl (C=O) groups is 1.